The third kappa shape index (κ3) is 2.00. The molecule has 68 valence electrons. The minimum Gasteiger partial charge on any atom is -0.240 e. The fourth-order valence-electron chi connectivity index (χ4n) is 0.434. The van der Waals surface area contributed by atoms with Crippen LogP contribution in [0.5, 0.6) is 0 Å². The largest absolute Gasteiger partial charge is 0.456 e. The Kier molecular flexibility index (Phi) is 2.79. The first-order chi connectivity index (χ1) is 4.73. The van der Waals surface area contributed by atoms with Crippen molar-refractivity contribution in [3.63, 3.8) is 0 Å². The molecule has 0 aliphatic carbocycles. The summed E-state index contributed by atoms with van der Waals surface area (Å²) in [7, 11) is 0. The van der Waals surface area contributed by atoms with Gasteiger partial charge in [-0.15, -0.1) is 0 Å². The van der Waals surface area contributed by atoms with E-state index in [1.165, 1.54) is 0 Å². The summed E-state index contributed by atoms with van der Waals surface area (Å²) in [5, 5.41) is 0. The van der Waals surface area contributed by atoms with Gasteiger partial charge in [0.1, 0.15) is 0 Å². The van der Waals surface area contributed by atoms with Gasteiger partial charge in [0.25, 0.3) is 0 Å². The molecule has 0 radical (unpaired) electrons. The van der Waals surface area contributed by atoms with Crippen LogP contribution in [0.1, 0.15) is 13.3 Å². The van der Waals surface area contributed by atoms with Gasteiger partial charge in [-0.2, -0.15) is 22.0 Å². The van der Waals surface area contributed by atoms with E-state index in [-0.39, 0.29) is 0 Å². The highest BCUT2D eigenvalue weighted by molar-refractivity contribution is 4.83. The molecule has 0 bridgehead atoms. The minimum atomic E-state index is -5.79. The summed E-state index contributed by atoms with van der Waals surface area (Å²) in [4.78, 5) is 0. The molecular weight excluding hydrogens is 174 g/mol. The second-order valence-corrected chi connectivity index (χ2v) is 2.00. The van der Waals surface area contributed by atoms with Crippen molar-refractivity contribution in [2.45, 2.75) is 31.6 Å². The predicted molar refractivity (Wildman–Crippen MR) is 26.2 cm³/mol. The van der Waals surface area contributed by atoms with Gasteiger partial charge in [-0.3, -0.25) is 0 Å². The normalized spacial score (nSPS) is 16.6. The zero-order valence-electron chi connectivity index (χ0n) is 5.55. The van der Waals surface area contributed by atoms with Crippen molar-refractivity contribution in [1.82, 2.24) is 0 Å². The maximum absolute atomic E-state index is 11.9. The van der Waals surface area contributed by atoms with Gasteiger partial charge in [-0.1, -0.05) is 6.92 Å². The van der Waals surface area contributed by atoms with Crippen molar-refractivity contribution in [2.24, 2.45) is 0 Å². The highest BCUT2D eigenvalue weighted by Gasteiger charge is 2.62. The quantitative estimate of drug-likeness (QED) is 0.573. The summed E-state index contributed by atoms with van der Waals surface area (Å²) < 4.78 is 69.4. The zero-order chi connectivity index (χ0) is 9.28. The van der Waals surface area contributed by atoms with E-state index in [4.69, 9.17) is 0 Å². The maximum atomic E-state index is 11.9. The van der Waals surface area contributed by atoms with E-state index in [1.807, 2.05) is 0 Å². The topological polar surface area (TPSA) is 0 Å². The maximum Gasteiger partial charge on any atom is 0.456 e. The van der Waals surface area contributed by atoms with E-state index >= 15 is 0 Å². The standard InChI is InChI=1S/C5H6F6/c1-2-3(6)4(7,8)5(9,10)11/h3H,2H2,1H3/t3-/m0/s1. The van der Waals surface area contributed by atoms with Crippen molar-refractivity contribution in [1.29, 1.82) is 0 Å². The Morgan fingerprint density at radius 1 is 1.09 bits per heavy atom. The van der Waals surface area contributed by atoms with Crippen LogP contribution >= 0.6 is 0 Å². The van der Waals surface area contributed by atoms with Crippen LogP contribution in [0.15, 0.2) is 0 Å². The molecule has 6 heteroatoms. The van der Waals surface area contributed by atoms with Crippen molar-refractivity contribution in [2.75, 3.05) is 0 Å². The summed E-state index contributed by atoms with van der Waals surface area (Å²) in [6.07, 6.45) is -9.79. The van der Waals surface area contributed by atoms with Gasteiger partial charge < -0.3 is 0 Å². The molecule has 0 saturated carbocycles. The molecule has 0 nitrogen and oxygen atoms in total. The van der Waals surface area contributed by atoms with Crippen molar-refractivity contribution < 1.29 is 26.3 Å². The highest BCUT2D eigenvalue weighted by atomic mass is 19.4. The molecule has 0 saturated heterocycles. The molecule has 0 unspecified atom stereocenters. The first-order valence-electron chi connectivity index (χ1n) is 2.82. The molecule has 0 heterocycles. The van der Waals surface area contributed by atoms with Gasteiger partial charge in [0, 0.05) is 0 Å². The Bertz CT molecular complexity index is 125. The average molecular weight is 180 g/mol. The Labute approximate surface area is 59.2 Å². The number of hydrogen-bond donors (Lipinski definition) is 0. The molecule has 1 atom stereocenters. The van der Waals surface area contributed by atoms with Gasteiger partial charge in [0.15, 0.2) is 6.17 Å². The Morgan fingerprint density at radius 3 is 1.55 bits per heavy atom. The fraction of sp³-hybridized carbons (Fsp3) is 1.00. The molecule has 0 amide bonds. The van der Waals surface area contributed by atoms with E-state index < -0.39 is 24.7 Å². The Morgan fingerprint density at radius 2 is 1.45 bits per heavy atom. The number of alkyl halides is 6. The Balaban J connectivity index is 4.45. The number of halogens is 6. The Hall–Kier alpha value is -0.420. The molecule has 11 heavy (non-hydrogen) atoms. The molecule has 0 aliphatic rings. The van der Waals surface area contributed by atoms with Crippen molar-refractivity contribution in [3.8, 4) is 0 Å². The third-order valence-electron chi connectivity index (χ3n) is 1.13. The lowest BCUT2D eigenvalue weighted by atomic mass is 10.1. The van der Waals surface area contributed by atoms with E-state index in [1.54, 1.807) is 0 Å². The monoisotopic (exact) mass is 180 g/mol. The molecule has 0 aromatic carbocycles. The lowest BCUT2D eigenvalue weighted by molar-refractivity contribution is -0.303. The first kappa shape index (κ1) is 10.6. The third-order valence-corrected chi connectivity index (χ3v) is 1.13. The van der Waals surface area contributed by atoms with E-state index in [0.717, 1.165) is 6.92 Å². The van der Waals surface area contributed by atoms with Gasteiger partial charge >= 0.3 is 12.1 Å². The van der Waals surface area contributed by atoms with Crippen LogP contribution in [0.4, 0.5) is 26.3 Å². The number of hydrogen-bond acceptors (Lipinski definition) is 0. The van der Waals surface area contributed by atoms with Crippen LogP contribution in [0, 0.1) is 0 Å². The molecule has 0 aromatic heterocycles. The van der Waals surface area contributed by atoms with Crippen LogP contribution in [0.25, 0.3) is 0 Å². The van der Waals surface area contributed by atoms with Gasteiger partial charge in [0.2, 0.25) is 0 Å². The van der Waals surface area contributed by atoms with E-state index in [2.05, 4.69) is 0 Å². The van der Waals surface area contributed by atoms with Crippen LogP contribution in [0.3, 0.4) is 0 Å². The first-order valence-corrected chi connectivity index (χ1v) is 2.82. The molecule has 0 aromatic rings. The zero-order valence-corrected chi connectivity index (χ0v) is 5.55. The summed E-state index contributed by atoms with van der Waals surface area (Å²) in [5.41, 5.74) is 0. The van der Waals surface area contributed by atoms with E-state index in [0.29, 0.717) is 0 Å². The SMILES string of the molecule is CC[C@H](F)C(F)(F)C(F)(F)F. The van der Waals surface area contributed by atoms with Crippen molar-refractivity contribution in [3.05, 3.63) is 0 Å². The second kappa shape index (κ2) is 2.91. The molecule has 0 rings (SSSR count). The van der Waals surface area contributed by atoms with Crippen LogP contribution < -0.4 is 0 Å². The molecular formula is C5H6F6. The van der Waals surface area contributed by atoms with Crippen molar-refractivity contribution >= 4 is 0 Å². The van der Waals surface area contributed by atoms with Gasteiger partial charge in [0.05, 0.1) is 0 Å². The average Bonchev–Trinajstić information content (AvgIpc) is 1.83. The molecule has 0 aliphatic heterocycles. The second-order valence-electron chi connectivity index (χ2n) is 2.00. The molecule has 0 spiro atoms. The highest BCUT2D eigenvalue weighted by Crippen LogP contribution is 2.40. The molecule has 0 fully saturated rings. The van der Waals surface area contributed by atoms with E-state index in [9.17, 15) is 26.3 Å². The lowest BCUT2D eigenvalue weighted by Crippen LogP contribution is -2.44. The van der Waals surface area contributed by atoms with Crippen LogP contribution in [-0.2, 0) is 0 Å². The van der Waals surface area contributed by atoms with Gasteiger partial charge in [-0.25, -0.2) is 4.39 Å². The fourth-order valence-corrected chi connectivity index (χ4v) is 0.434. The predicted octanol–water partition coefficient (Wildman–Crippen LogP) is 2.93. The number of rotatable bonds is 2. The minimum absolute atomic E-state index is 0.855. The van der Waals surface area contributed by atoms with Gasteiger partial charge in [-0.05, 0) is 6.42 Å². The van der Waals surface area contributed by atoms with Crippen LogP contribution in [0.2, 0.25) is 0 Å². The van der Waals surface area contributed by atoms with Crippen LogP contribution in [-0.4, -0.2) is 18.3 Å². The lowest BCUT2D eigenvalue weighted by Gasteiger charge is -2.21. The summed E-state index contributed by atoms with van der Waals surface area (Å²) in [6.45, 7) is 0.921. The smallest absolute Gasteiger partial charge is 0.240 e. The summed E-state index contributed by atoms with van der Waals surface area (Å²) >= 11 is 0. The molecule has 0 N–H and O–H groups in total. The summed E-state index contributed by atoms with van der Waals surface area (Å²) in [5.74, 6) is -5.22. The summed E-state index contributed by atoms with van der Waals surface area (Å²) in [6, 6.07) is 0.